The second-order valence-corrected chi connectivity index (χ2v) is 5.85. The summed E-state index contributed by atoms with van der Waals surface area (Å²) in [6.07, 6.45) is 0. The number of carbonyl (C=O) groups is 1. The van der Waals surface area contributed by atoms with E-state index in [-0.39, 0.29) is 5.82 Å². The summed E-state index contributed by atoms with van der Waals surface area (Å²) in [6, 6.07) is 7.97. The number of thioether (sulfide) groups is 1. The zero-order valence-corrected chi connectivity index (χ0v) is 13.8. The van der Waals surface area contributed by atoms with E-state index in [9.17, 15) is 9.18 Å². The highest BCUT2D eigenvalue weighted by atomic mass is 32.2. The van der Waals surface area contributed by atoms with Crippen LogP contribution >= 0.6 is 11.8 Å². The lowest BCUT2D eigenvalue weighted by Crippen LogP contribution is -2.00. The van der Waals surface area contributed by atoms with Crippen molar-refractivity contribution in [2.24, 2.45) is 0 Å². The molecule has 0 aliphatic carbocycles. The molecule has 0 atom stereocenters. The molecular weight excluding hydrogens is 333 g/mol. The first-order valence-electron chi connectivity index (χ1n) is 7.06. The molecule has 2 heterocycles. The molecular formula is C16H14FN3O3S. The Kier molecular flexibility index (Phi) is 4.66. The lowest BCUT2D eigenvalue weighted by atomic mass is 10.2. The molecule has 0 radical (unpaired) electrons. The average Bonchev–Trinajstić information content (AvgIpc) is 3.19. The number of hydrogen-bond donors (Lipinski definition) is 1. The van der Waals surface area contributed by atoms with Crippen LogP contribution in [0.2, 0.25) is 0 Å². The maximum absolute atomic E-state index is 13.7. The van der Waals surface area contributed by atoms with Gasteiger partial charge in [0.1, 0.15) is 22.9 Å². The molecule has 0 fully saturated rings. The van der Waals surface area contributed by atoms with E-state index >= 15 is 0 Å². The van der Waals surface area contributed by atoms with Gasteiger partial charge in [-0.1, -0.05) is 23.9 Å². The number of rotatable bonds is 5. The lowest BCUT2D eigenvalue weighted by Gasteiger charge is -1.96. The average molecular weight is 347 g/mol. The Labute approximate surface area is 141 Å². The van der Waals surface area contributed by atoms with E-state index in [2.05, 4.69) is 19.9 Å². The predicted molar refractivity (Wildman–Crippen MR) is 86.1 cm³/mol. The van der Waals surface area contributed by atoms with Gasteiger partial charge < -0.3 is 9.15 Å². The number of nitrogens with zero attached hydrogens (tertiary/aromatic N) is 2. The zero-order valence-electron chi connectivity index (χ0n) is 13.0. The Balaban J connectivity index is 1.70. The minimum Gasteiger partial charge on any atom is -0.465 e. The number of H-pyrrole nitrogens is 1. The van der Waals surface area contributed by atoms with Crippen molar-refractivity contribution in [1.82, 2.24) is 15.2 Å². The number of ether oxygens (including phenoxy) is 1. The molecule has 0 aliphatic heterocycles. The number of benzene rings is 1. The van der Waals surface area contributed by atoms with Gasteiger partial charge in [-0.05, 0) is 25.1 Å². The first kappa shape index (κ1) is 16.3. The first-order chi connectivity index (χ1) is 11.6. The van der Waals surface area contributed by atoms with Crippen LogP contribution in [-0.2, 0) is 10.5 Å². The van der Waals surface area contributed by atoms with Gasteiger partial charge in [-0.15, -0.1) is 5.10 Å². The molecule has 6 nitrogen and oxygen atoms in total. The van der Waals surface area contributed by atoms with Crippen molar-refractivity contribution in [3.05, 3.63) is 53.2 Å². The van der Waals surface area contributed by atoms with E-state index in [4.69, 9.17) is 4.42 Å². The van der Waals surface area contributed by atoms with Crippen molar-refractivity contribution in [1.29, 1.82) is 0 Å². The summed E-state index contributed by atoms with van der Waals surface area (Å²) >= 11 is 1.31. The van der Waals surface area contributed by atoms with Crippen LogP contribution in [0.1, 0.15) is 21.9 Å². The highest BCUT2D eigenvalue weighted by molar-refractivity contribution is 7.98. The summed E-state index contributed by atoms with van der Waals surface area (Å²) in [5.41, 5.74) is 0.758. The number of esters is 1. The van der Waals surface area contributed by atoms with Crippen LogP contribution < -0.4 is 0 Å². The third-order valence-corrected chi connectivity index (χ3v) is 4.18. The standard InChI is InChI=1S/C16H14FN3O3S/c1-9-12(15(21)22-2)7-10(23-9)8-24-16-18-14(19-20-16)11-5-3-4-6-13(11)17/h3-7H,8H2,1-2H3,(H,18,19,20). The van der Waals surface area contributed by atoms with Crippen LogP contribution in [0.15, 0.2) is 39.9 Å². The second-order valence-electron chi connectivity index (χ2n) is 4.91. The number of furan rings is 1. The molecule has 0 bridgehead atoms. The summed E-state index contributed by atoms with van der Waals surface area (Å²) in [5.74, 6) is 1.10. The first-order valence-corrected chi connectivity index (χ1v) is 8.04. The van der Waals surface area contributed by atoms with Crippen LogP contribution in [0.25, 0.3) is 11.4 Å². The fourth-order valence-electron chi connectivity index (χ4n) is 2.15. The molecule has 0 amide bonds. The van der Waals surface area contributed by atoms with Crippen molar-refractivity contribution < 1.29 is 18.3 Å². The van der Waals surface area contributed by atoms with Crippen LogP contribution in [0.4, 0.5) is 4.39 Å². The maximum atomic E-state index is 13.7. The fraction of sp³-hybridized carbons (Fsp3) is 0.188. The van der Waals surface area contributed by atoms with Gasteiger partial charge in [0.05, 0.1) is 18.4 Å². The number of carbonyl (C=O) groups excluding carboxylic acids is 1. The number of aryl methyl sites for hydroxylation is 1. The lowest BCUT2D eigenvalue weighted by molar-refractivity contribution is 0.0599. The SMILES string of the molecule is COC(=O)c1cc(CSc2n[nH]c(-c3ccccc3F)n2)oc1C. The van der Waals surface area contributed by atoms with E-state index in [0.717, 1.165) is 0 Å². The molecule has 2 aromatic heterocycles. The minimum absolute atomic E-state index is 0.360. The van der Waals surface area contributed by atoms with Gasteiger partial charge >= 0.3 is 5.97 Å². The second kappa shape index (κ2) is 6.88. The van der Waals surface area contributed by atoms with Crippen LogP contribution in [0.3, 0.4) is 0 Å². The number of hydrogen-bond acceptors (Lipinski definition) is 6. The topological polar surface area (TPSA) is 81.0 Å². The van der Waals surface area contributed by atoms with Gasteiger partial charge in [-0.2, -0.15) is 0 Å². The minimum atomic E-state index is -0.438. The molecule has 1 aromatic carbocycles. The third kappa shape index (κ3) is 3.33. The Bertz CT molecular complexity index is 875. The van der Waals surface area contributed by atoms with E-state index < -0.39 is 5.97 Å². The summed E-state index contributed by atoms with van der Waals surface area (Å²) in [6.45, 7) is 1.70. The summed E-state index contributed by atoms with van der Waals surface area (Å²) in [5, 5.41) is 7.23. The number of methoxy groups -OCH3 is 1. The molecule has 0 unspecified atom stereocenters. The van der Waals surface area contributed by atoms with Gasteiger partial charge in [0.2, 0.25) is 5.16 Å². The van der Waals surface area contributed by atoms with Crippen LogP contribution in [-0.4, -0.2) is 28.3 Å². The largest absolute Gasteiger partial charge is 0.465 e. The van der Waals surface area contributed by atoms with Crippen LogP contribution in [0, 0.1) is 12.7 Å². The Morgan fingerprint density at radius 2 is 2.21 bits per heavy atom. The van der Waals surface area contributed by atoms with Gasteiger partial charge in [0, 0.05) is 0 Å². The van der Waals surface area contributed by atoms with E-state index in [1.807, 2.05) is 0 Å². The fourth-order valence-corrected chi connectivity index (χ4v) is 2.83. The summed E-state index contributed by atoms with van der Waals surface area (Å²) in [4.78, 5) is 15.8. The molecule has 124 valence electrons. The van der Waals surface area contributed by atoms with Crippen molar-refractivity contribution >= 4 is 17.7 Å². The third-order valence-electron chi connectivity index (χ3n) is 3.31. The van der Waals surface area contributed by atoms with Crippen LogP contribution in [0.5, 0.6) is 0 Å². The predicted octanol–water partition coefficient (Wildman–Crippen LogP) is 3.59. The van der Waals surface area contributed by atoms with Crippen molar-refractivity contribution in [3.8, 4) is 11.4 Å². The Morgan fingerprint density at radius 3 is 2.96 bits per heavy atom. The number of halogens is 1. The quantitative estimate of drug-likeness (QED) is 0.561. The molecule has 0 saturated heterocycles. The molecule has 24 heavy (non-hydrogen) atoms. The van der Waals surface area contributed by atoms with E-state index in [1.165, 1.54) is 24.9 Å². The van der Waals surface area contributed by atoms with Gasteiger partial charge in [0.15, 0.2) is 5.82 Å². The highest BCUT2D eigenvalue weighted by Gasteiger charge is 2.16. The smallest absolute Gasteiger partial charge is 0.341 e. The monoisotopic (exact) mass is 347 g/mol. The molecule has 0 aliphatic rings. The number of aromatic amines is 1. The molecule has 3 aromatic rings. The van der Waals surface area contributed by atoms with Gasteiger partial charge in [-0.25, -0.2) is 14.2 Å². The summed E-state index contributed by atoms with van der Waals surface area (Å²) < 4.78 is 23.9. The Hall–Kier alpha value is -2.61. The molecule has 0 saturated carbocycles. The Morgan fingerprint density at radius 1 is 1.42 bits per heavy atom. The molecule has 8 heteroatoms. The van der Waals surface area contributed by atoms with Crippen molar-refractivity contribution in [2.45, 2.75) is 17.8 Å². The summed E-state index contributed by atoms with van der Waals surface area (Å²) in [7, 11) is 1.32. The maximum Gasteiger partial charge on any atom is 0.341 e. The van der Waals surface area contributed by atoms with Gasteiger partial charge in [-0.3, -0.25) is 5.10 Å². The zero-order chi connectivity index (χ0) is 17.1. The number of nitrogens with one attached hydrogen (secondary N) is 1. The van der Waals surface area contributed by atoms with Crippen molar-refractivity contribution in [3.63, 3.8) is 0 Å². The molecule has 3 rings (SSSR count). The highest BCUT2D eigenvalue weighted by Crippen LogP contribution is 2.26. The van der Waals surface area contributed by atoms with Gasteiger partial charge in [0.25, 0.3) is 0 Å². The van der Waals surface area contributed by atoms with E-state index in [1.54, 1.807) is 31.2 Å². The van der Waals surface area contributed by atoms with Crippen molar-refractivity contribution in [2.75, 3.05) is 7.11 Å². The van der Waals surface area contributed by atoms with E-state index in [0.29, 0.717) is 39.4 Å². The normalized spacial score (nSPS) is 10.8. The molecule has 0 spiro atoms. The number of aromatic nitrogens is 3. The molecule has 1 N–H and O–H groups in total.